The molecule has 3 heterocycles. The molecule has 1 saturated heterocycles. The first kappa shape index (κ1) is 18.0. The summed E-state index contributed by atoms with van der Waals surface area (Å²) in [5.74, 6) is 1.33. The number of amides is 2. The Kier molecular flexibility index (Phi) is 4.68. The van der Waals surface area contributed by atoms with Crippen LogP contribution in [0.5, 0.6) is 0 Å². The maximum Gasteiger partial charge on any atom is 0.253 e. The molecule has 1 fully saturated rings. The van der Waals surface area contributed by atoms with E-state index in [1.54, 1.807) is 34.3 Å². The monoisotopic (exact) mass is 379 g/mol. The van der Waals surface area contributed by atoms with Crippen LogP contribution < -0.4 is 5.32 Å². The van der Waals surface area contributed by atoms with Crippen molar-refractivity contribution >= 4 is 11.8 Å². The Balaban J connectivity index is 1.53. The fourth-order valence-corrected chi connectivity index (χ4v) is 3.61. The van der Waals surface area contributed by atoms with Gasteiger partial charge in [0, 0.05) is 31.3 Å². The number of carbonyl (C=O) groups is 2. The van der Waals surface area contributed by atoms with E-state index in [1.165, 1.54) is 6.92 Å². The first-order valence-corrected chi connectivity index (χ1v) is 9.09. The van der Waals surface area contributed by atoms with Crippen molar-refractivity contribution in [3.63, 3.8) is 0 Å². The molecule has 2 aromatic heterocycles. The van der Waals surface area contributed by atoms with Gasteiger partial charge in [-0.15, -0.1) is 10.2 Å². The number of hydrogen-bond donors (Lipinski definition) is 1. The lowest BCUT2D eigenvalue weighted by atomic mass is 10.0. The standard InChI is InChI=1S/C20H21N5O3/c1-13-3-8-19(28-13)17-9-24(10-18(17)23-14(2)26)20(27)15-4-6-16(7-5-15)25-11-21-22-12-25/h3-8,11-12,17-18H,9-10H2,1-2H3,(H,23,26)/t17-,18-/m1/s1. The predicted octanol–water partition coefficient (Wildman–Crippen LogP) is 1.91. The number of rotatable bonds is 4. The Morgan fingerprint density at radius 2 is 1.79 bits per heavy atom. The zero-order chi connectivity index (χ0) is 19.7. The van der Waals surface area contributed by atoms with Crippen molar-refractivity contribution in [2.24, 2.45) is 0 Å². The van der Waals surface area contributed by atoms with Gasteiger partial charge in [0.25, 0.3) is 5.91 Å². The number of nitrogens with zero attached hydrogens (tertiary/aromatic N) is 4. The maximum absolute atomic E-state index is 13.0. The second kappa shape index (κ2) is 7.30. The van der Waals surface area contributed by atoms with Crippen LogP contribution in [0.15, 0.2) is 53.5 Å². The number of furan rings is 1. The highest BCUT2D eigenvalue weighted by molar-refractivity contribution is 5.94. The van der Waals surface area contributed by atoms with Gasteiger partial charge in [0.2, 0.25) is 5.91 Å². The second-order valence-corrected chi connectivity index (χ2v) is 6.99. The minimum atomic E-state index is -0.178. The van der Waals surface area contributed by atoms with Gasteiger partial charge >= 0.3 is 0 Å². The van der Waals surface area contributed by atoms with Gasteiger partial charge in [0.15, 0.2) is 0 Å². The highest BCUT2D eigenvalue weighted by atomic mass is 16.3. The van der Waals surface area contributed by atoms with E-state index >= 15 is 0 Å². The van der Waals surface area contributed by atoms with Gasteiger partial charge in [-0.2, -0.15) is 0 Å². The van der Waals surface area contributed by atoms with Gasteiger partial charge in [0.05, 0.1) is 12.0 Å². The van der Waals surface area contributed by atoms with Crippen LogP contribution >= 0.6 is 0 Å². The first-order chi connectivity index (χ1) is 13.5. The van der Waals surface area contributed by atoms with Crippen molar-refractivity contribution < 1.29 is 14.0 Å². The zero-order valence-electron chi connectivity index (χ0n) is 15.7. The molecular weight excluding hydrogens is 358 g/mol. The fourth-order valence-electron chi connectivity index (χ4n) is 3.61. The van der Waals surface area contributed by atoms with Crippen LogP contribution in [-0.2, 0) is 4.79 Å². The molecule has 0 spiro atoms. The van der Waals surface area contributed by atoms with E-state index in [2.05, 4.69) is 15.5 Å². The summed E-state index contributed by atoms with van der Waals surface area (Å²) in [7, 11) is 0. The van der Waals surface area contributed by atoms with Crippen LogP contribution in [0.3, 0.4) is 0 Å². The van der Waals surface area contributed by atoms with E-state index < -0.39 is 0 Å². The predicted molar refractivity (Wildman–Crippen MR) is 101 cm³/mol. The van der Waals surface area contributed by atoms with Crippen LogP contribution in [-0.4, -0.2) is 50.6 Å². The third kappa shape index (κ3) is 3.53. The number of carbonyl (C=O) groups excluding carboxylic acids is 2. The van der Waals surface area contributed by atoms with Crippen LogP contribution in [0.25, 0.3) is 5.69 Å². The van der Waals surface area contributed by atoms with Gasteiger partial charge in [-0.3, -0.25) is 14.2 Å². The van der Waals surface area contributed by atoms with E-state index in [0.717, 1.165) is 17.2 Å². The summed E-state index contributed by atoms with van der Waals surface area (Å²) in [4.78, 5) is 26.4. The van der Waals surface area contributed by atoms with Crippen LogP contribution in [0.2, 0.25) is 0 Å². The number of benzene rings is 1. The van der Waals surface area contributed by atoms with Gasteiger partial charge in [-0.05, 0) is 43.3 Å². The van der Waals surface area contributed by atoms with Gasteiger partial charge < -0.3 is 14.6 Å². The second-order valence-electron chi connectivity index (χ2n) is 6.99. The smallest absolute Gasteiger partial charge is 0.253 e. The number of aryl methyl sites for hydroxylation is 1. The van der Waals surface area contributed by atoms with Gasteiger partial charge in [-0.1, -0.05) is 0 Å². The number of nitrogens with one attached hydrogen (secondary N) is 1. The summed E-state index contributed by atoms with van der Waals surface area (Å²) in [6, 6.07) is 10.9. The summed E-state index contributed by atoms with van der Waals surface area (Å²) in [6.45, 7) is 4.30. The van der Waals surface area contributed by atoms with Crippen molar-refractivity contribution in [2.75, 3.05) is 13.1 Å². The summed E-state index contributed by atoms with van der Waals surface area (Å²) in [6.07, 6.45) is 3.20. The molecule has 144 valence electrons. The first-order valence-electron chi connectivity index (χ1n) is 9.09. The zero-order valence-corrected chi connectivity index (χ0v) is 15.7. The molecule has 1 aliphatic heterocycles. The Labute approximate surface area is 162 Å². The lowest BCUT2D eigenvalue weighted by molar-refractivity contribution is -0.119. The highest BCUT2D eigenvalue weighted by Gasteiger charge is 2.38. The van der Waals surface area contributed by atoms with Crippen LogP contribution in [0, 0.1) is 6.92 Å². The SMILES string of the molecule is CC(=O)N[C@@H]1CN(C(=O)c2ccc(-n3cnnc3)cc2)C[C@H]1c1ccc(C)o1. The van der Waals surface area contributed by atoms with Gasteiger partial charge in [-0.25, -0.2) is 0 Å². The lowest BCUT2D eigenvalue weighted by Crippen LogP contribution is -2.39. The Bertz CT molecular complexity index is 978. The number of hydrogen-bond acceptors (Lipinski definition) is 5. The van der Waals surface area contributed by atoms with Crippen molar-refractivity contribution in [3.05, 3.63) is 66.1 Å². The molecule has 3 aromatic rings. The normalized spacial score (nSPS) is 19.0. The molecule has 0 radical (unpaired) electrons. The molecule has 1 aliphatic rings. The molecule has 1 aromatic carbocycles. The third-order valence-corrected chi connectivity index (χ3v) is 4.95. The lowest BCUT2D eigenvalue weighted by Gasteiger charge is -2.17. The highest BCUT2D eigenvalue weighted by Crippen LogP contribution is 2.30. The quantitative estimate of drug-likeness (QED) is 0.747. The van der Waals surface area contributed by atoms with Crippen LogP contribution in [0.1, 0.15) is 34.7 Å². The summed E-state index contributed by atoms with van der Waals surface area (Å²) in [5, 5.41) is 10.5. The van der Waals surface area contributed by atoms with Crippen molar-refractivity contribution in [1.29, 1.82) is 0 Å². The Hall–Kier alpha value is -3.42. The Morgan fingerprint density at radius 3 is 2.39 bits per heavy atom. The van der Waals surface area contributed by atoms with E-state index in [9.17, 15) is 9.59 Å². The molecule has 8 heteroatoms. The molecule has 2 atom stereocenters. The molecule has 2 amide bonds. The van der Waals surface area contributed by atoms with E-state index in [0.29, 0.717) is 18.7 Å². The largest absolute Gasteiger partial charge is 0.466 e. The van der Waals surface area contributed by atoms with Crippen molar-refractivity contribution in [1.82, 2.24) is 25.0 Å². The molecule has 0 aliphatic carbocycles. The molecular formula is C20H21N5O3. The molecule has 0 bridgehead atoms. The molecule has 0 unspecified atom stereocenters. The van der Waals surface area contributed by atoms with Crippen molar-refractivity contribution in [2.45, 2.75) is 25.8 Å². The van der Waals surface area contributed by atoms with Crippen molar-refractivity contribution in [3.8, 4) is 5.69 Å². The van der Waals surface area contributed by atoms with E-state index in [-0.39, 0.29) is 23.8 Å². The molecule has 1 N–H and O–H groups in total. The third-order valence-electron chi connectivity index (χ3n) is 4.95. The molecule has 0 saturated carbocycles. The minimum Gasteiger partial charge on any atom is -0.466 e. The number of likely N-dealkylation sites (tertiary alicyclic amines) is 1. The minimum absolute atomic E-state index is 0.0714. The van der Waals surface area contributed by atoms with E-state index in [1.807, 2.05) is 31.2 Å². The summed E-state index contributed by atoms with van der Waals surface area (Å²) < 4.78 is 7.54. The molecule has 4 rings (SSSR count). The Morgan fingerprint density at radius 1 is 1.07 bits per heavy atom. The summed E-state index contributed by atoms with van der Waals surface area (Å²) in [5.41, 5.74) is 1.47. The average Bonchev–Trinajstić information content (AvgIpc) is 3.41. The van der Waals surface area contributed by atoms with Crippen LogP contribution in [0.4, 0.5) is 0 Å². The average molecular weight is 379 g/mol. The fraction of sp³-hybridized carbons (Fsp3) is 0.300. The van der Waals surface area contributed by atoms with Gasteiger partial charge in [0.1, 0.15) is 24.2 Å². The molecule has 8 nitrogen and oxygen atoms in total. The number of aromatic nitrogens is 3. The summed E-state index contributed by atoms with van der Waals surface area (Å²) >= 11 is 0. The molecule has 28 heavy (non-hydrogen) atoms. The maximum atomic E-state index is 13.0. The topological polar surface area (TPSA) is 93.3 Å². The van der Waals surface area contributed by atoms with E-state index in [4.69, 9.17) is 4.42 Å².